The maximum Gasteiger partial charge on any atom is 0.311 e. The van der Waals surface area contributed by atoms with E-state index in [4.69, 9.17) is 4.74 Å². The van der Waals surface area contributed by atoms with Gasteiger partial charge in [0.15, 0.2) is 12.4 Å². The molecule has 0 bridgehead atoms. The maximum atomic E-state index is 12.4. The quantitative estimate of drug-likeness (QED) is 0.489. The molecule has 1 heterocycles. The molecule has 27 heavy (non-hydrogen) atoms. The van der Waals surface area contributed by atoms with Gasteiger partial charge in [0.25, 0.3) is 5.91 Å². The fourth-order valence-electron chi connectivity index (χ4n) is 2.66. The molecule has 1 aromatic heterocycles. The first-order chi connectivity index (χ1) is 13.0. The number of nitro benzene ring substituents is 1. The molecule has 0 unspecified atom stereocenters. The molecule has 0 fully saturated rings. The van der Waals surface area contributed by atoms with Crippen LogP contribution in [0.4, 0.5) is 5.69 Å². The average Bonchev–Trinajstić information content (AvgIpc) is 3.20. The van der Waals surface area contributed by atoms with E-state index in [2.05, 4.69) is 5.32 Å². The molecule has 138 valence electrons. The molecule has 0 saturated carbocycles. The van der Waals surface area contributed by atoms with Gasteiger partial charge in [0.1, 0.15) is 0 Å². The molecule has 0 spiro atoms. The van der Waals surface area contributed by atoms with Gasteiger partial charge in [-0.15, -0.1) is 11.3 Å². The van der Waals surface area contributed by atoms with Crippen molar-refractivity contribution in [3.63, 3.8) is 0 Å². The van der Waals surface area contributed by atoms with Crippen molar-refractivity contribution in [2.24, 2.45) is 0 Å². The number of nitrogens with one attached hydrogen (secondary N) is 1. The van der Waals surface area contributed by atoms with Crippen molar-refractivity contribution >= 4 is 22.9 Å². The van der Waals surface area contributed by atoms with E-state index >= 15 is 0 Å². The highest BCUT2D eigenvalue weighted by molar-refractivity contribution is 7.10. The van der Waals surface area contributed by atoms with Gasteiger partial charge in [-0.2, -0.15) is 0 Å². The van der Waals surface area contributed by atoms with E-state index in [9.17, 15) is 14.9 Å². The van der Waals surface area contributed by atoms with E-state index in [0.29, 0.717) is 0 Å². The van der Waals surface area contributed by atoms with Crippen LogP contribution in [0.5, 0.6) is 5.75 Å². The number of aryl methyl sites for hydroxylation is 1. The number of hydrogen-bond acceptors (Lipinski definition) is 5. The minimum absolute atomic E-state index is 0.0770. The molecule has 0 saturated heterocycles. The summed E-state index contributed by atoms with van der Waals surface area (Å²) in [4.78, 5) is 24.1. The Kier molecular flexibility index (Phi) is 5.83. The minimum Gasteiger partial charge on any atom is -0.477 e. The summed E-state index contributed by atoms with van der Waals surface area (Å²) in [5, 5.41) is 16.1. The molecule has 3 aromatic rings. The third-order valence-corrected chi connectivity index (χ3v) is 4.87. The third kappa shape index (κ3) is 4.71. The molecule has 1 amide bonds. The van der Waals surface area contributed by atoms with Crippen LogP contribution in [0.15, 0.2) is 66.0 Å². The molecule has 2 aromatic carbocycles. The van der Waals surface area contributed by atoms with Gasteiger partial charge in [-0.1, -0.05) is 42.5 Å². The first-order valence-electron chi connectivity index (χ1n) is 8.30. The summed E-state index contributed by atoms with van der Waals surface area (Å²) in [6.07, 6.45) is 0. The normalized spacial score (nSPS) is 11.6. The Balaban J connectivity index is 1.72. The molecule has 7 heteroatoms. The van der Waals surface area contributed by atoms with E-state index in [1.165, 1.54) is 12.1 Å². The van der Waals surface area contributed by atoms with Gasteiger partial charge >= 0.3 is 5.69 Å². The topological polar surface area (TPSA) is 81.5 Å². The monoisotopic (exact) mass is 382 g/mol. The van der Waals surface area contributed by atoms with Crippen LogP contribution in [0.25, 0.3) is 0 Å². The predicted octanol–water partition coefficient (Wildman–Crippen LogP) is 4.25. The predicted molar refractivity (Wildman–Crippen MR) is 104 cm³/mol. The van der Waals surface area contributed by atoms with Crippen molar-refractivity contribution in [2.45, 2.75) is 13.0 Å². The molecule has 0 radical (unpaired) electrons. The summed E-state index contributed by atoms with van der Waals surface area (Å²) in [5.74, 6) is -0.278. The number of carbonyl (C=O) groups is 1. The van der Waals surface area contributed by atoms with Crippen LogP contribution in [0.1, 0.15) is 22.0 Å². The van der Waals surface area contributed by atoms with Crippen molar-refractivity contribution in [2.75, 3.05) is 6.61 Å². The van der Waals surface area contributed by atoms with Gasteiger partial charge < -0.3 is 10.1 Å². The summed E-state index contributed by atoms with van der Waals surface area (Å²) in [7, 11) is 0. The second-order valence-electron chi connectivity index (χ2n) is 5.94. The van der Waals surface area contributed by atoms with Crippen LogP contribution in [-0.4, -0.2) is 17.4 Å². The molecule has 3 rings (SSSR count). The average molecular weight is 382 g/mol. The third-order valence-electron chi connectivity index (χ3n) is 3.94. The Bertz CT molecular complexity index is 926. The Morgan fingerprint density at radius 1 is 1.19 bits per heavy atom. The van der Waals surface area contributed by atoms with E-state index < -0.39 is 4.92 Å². The van der Waals surface area contributed by atoms with Gasteiger partial charge in [-0.3, -0.25) is 14.9 Å². The maximum absolute atomic E-state index is 12.4. The van der Waals surface area contributed by atoms with Crippen LogP contribution in [0.3, 0.4) is 0 Å². The highest BCUT2D eigenvalue weighted by atomic mass is 32.1. The molecular weight excluding hydrogens is 364 g/mol. The van der Waals surface area contributed by atoms with Crippen LogP contribution in [0.2, 0.25) is 0 Å². The zero-order valence-electron chi connectivity index (χ0n) is 14.6. The fraction of sp³-hybridized carbons (Fsp3) is 0.150. The summed E-state index contributed by atoms with van der Waals surface area (Å²) >= 11 is 1.55. The number of ether oxygens (including phenoxy) is 1. The summed E-state index contributed by atoms with van der Waals surface area (Å²) in [6.45, 7) is 1.45. The Morgan fingerprint density at radius 3 is 2.63 bits per heavy atom. The van der Waals surface area contributed by atoms with Gasteiger partial charge in [0.2, 0.25) is 0 Å². The molecule has 0 aliphatic heterocycles. The molecule has 1 atom stereocenters. The van der Waals surface area contributed by atoms with Crippen LogP contribution in [-0.2, 0) is 4.79 Å². The van der Waals surface area contributed by atoms with Gasteiger partial charge in [-0.25, -0.2) is 0 Å². The number of benzene rings is 2. The lowest BCUT2D eigenvalue weighted by Crippen LogP contribution is -2.33. The smallest absolute Gasteiger partial charge is 0.311 e. The highest BCUT2D eigenvalue weighted by Crippen LogP contribution is 2.28. The summed E-state index contributed by atoms with van der Waals surface area (Å²) in [6, 6.07) is 17.8. The zero-order chi connectivity index (χ0) is 19.2. The van der Waals surface area contributed by atoms with Crippen molar-refractivity contribution in [3.8, 4) is 5.75 Å². The van der Waals surface area contributed by atoms with Crippen LogP contribution in [0, 0.1) is 17.0 Å². The number of hydrogen-bond donors (Lipinski definition) is 1. The Morgan fingerprint density at radius 2 is 1.96 bits per heavy atom. The van der Waals surface area contributed by atoms with E-state index in [-0.39, 0.29) is 30.0 Å². The number of nitro groups is 1. The highest BCUT2D eigenvalue weighted by Gasteiger charge is 2.20. The lowest BCUT2D eigenvalue weighted by atomic mass is 10.1. The molecule has 1 N–H and O–H groups in total. The minimum atomic E-state index is -0.515. The standard InChI is InChI=1S/C20H18N2O4S/c1-14-9-10-17(16(12-14)22(24)25)26-13-19(23)21-20(18-8-5-11-27-18)15-6-3-2-4-7-15/h2-12,20H,13H2,1H3,(H,21,23)/t20-/m0/s1. The summed E-state index contributed by atoms with van der Waals surface area (Å²) < 4.78 is 5.42. The molecule has 6 nitrogen and oxygen atoms in total. The first kappa shape index (κ1) is 18.6. The van der Waals surface area contributed by atoms with Crippen molar-refractivity contribution in [1.82, 2.24) is 5.32 Å². The Labute approximate surface area is 160 Å². The van der Waals surface area contributed by atoms with Crippen LogP contribution >= 0.6 is 11.3 Å². The summed E-state index contributed by atoms with van der Waals surface area (Å²) in [5.41, 5.74) is 1.55. The fourth-order valence-corrected chi connectivity index (χ4v) is 3.46. The van der Waals surface area contributed by atoms with Crippen molar-refractivity contribution < 1.29 is 14.5 Å². The number of thiophene rings is 1. The number of rotatable bonds is 7. The van der Waals surface area contributed by atoms with E-state index in [0.717, 1.165) is 16.0 Å². The SMILES string of the molecule is Cc1ccc(OCC(=O)N[C@@H](c2ccccc2)c2cccs2)c([N+](=O)[O-])c1. The zero-order valence-corrected chi connectivity index (χ0v) is 15.4. The van der Waals surface area contributed by atoms with Crippen molar-refractivity contribution in [1.29, 1.82) is 0 Å². The number of amides is 1. The number of nitrogens with zero attached hydrogens (tertiary/aromatic N) is 1. The lowest BCUT2D eigenvalue weighted by molar-refractivity contribution is -0.385. The van der Waals surface area contributed by atoms with Gasteiger partial charge in [-0.05, 0) is 35.6 Å². The van der Waals surface area contributed by atoms with Crippen molar-refractivity contribution in [3.05, 3.63) is 92.2 Å². The number of carbonyl (C=O) groups excluding carboxylic acids is 1. The van der Waals surface area contributed by atoms with Gasteiger partial charge in [0, 0.05) is 10.9 Å². The molecule has 0 aliphatic carbocycles. The van der Waals surface area contributed by atoms with E-state index in [1.807, 2.05) is 47.8 Å². The van der Waals surface area contributed by atoms with Crippen LogP contribution < -0.4 is 10.1 Å². The largest absolute Gasteiger partial charge is 0.477 e. The second-order valence-corrected chi connectivity index (χ2v) is 6.92. The second kappa shape index (κ2) is 8.46. The Hall–Kier alpha value is -3.19. The lowest BCUT2D eigenvalue weighted by Gasteiger charge is -2.18. The molecular formula is C20H18N2O4S. The van der Waals surface area contributed by atoms with Gasteiger partial charge in [0.05, 0.1) is 11.0 Å². The molecule has 0 aliphatic rings. The first-order valence-corrected chi connectivity index (χ1v) is 9.18. The van der Waals surface area contributed by atoms with E-state index in [1.54, 1.807) is 24.3 Å².